The van der Waals surface area contributed by atoms with Crippen molar-refractivity contribution < 1.29 is 65.0 Å². The average Bonchev–Trinajstić information content (AvgIpc) is 4.13. The van der Waals surface area contributed by atoms with Gasteiger partial charge in [-0.15, -0.1) is 10.2 Å². The van der Waals surface area contributed by atoms with Crippen molar-refractivity contribution in [2.75, 3.05) is 52.6 Å². The molecule has 18 nitrogen and oxygen atoms in total. The lowest BCUT2D eigenvalue weighted by molar-refractivity contribution is -0.215. The van der Waals surface area contributed by atoms with Gasteiger partial charge in [0.15, 0.2) is 23.1 Å². The topological polar surface area (TPSA) is 205 Å². The molecule has 2 amide bonds. The molecule has 2 N–H and O–H groups in total. The lowest BCUT2D eigenvalue weighted by atomic mass is 9.91. The summed E-state index contributed by atoms with van der Waals surface area (Å²) in [5.41, 5.74) is -2.16. The van der Waals surface area contributed by atoms with E-state index in [4.69, 9.17) is 29.0 Å². The Kier molecular flexibility index (Phi) is 13.3. The number of hydrogen-bond acceptors (Lipinski definition) is 15. The zero-order chi connectivity index (χ0) is 49.3. The molecule has 6 aromatic rings. The molecule has 10 rings (SSSR count). The van der Waals surface area contributed by atoms with Crippen molar-refractivity contribution in [1.82, 2.24) is 51.0 Å². The minimum Gasteiger partial charge on any atom is -0.366 e. The van der Waals surface area contributed by atoms with E-state index in [0.717, 1.165) is 24.3 Å². The summed E-state index contributed by atoms with van der Waals surface area (Å²) < 4.78 is 107. The number of benzene rings is 4. The van der Waals surface area contributed by atoms with Gasteiger partial charge in [-0.1, -0.05) is 36.0 Å². The number of aromatic nitrogens is 8. The Morgan fingerprint density at radius 3 is 1.48 bits per heavy atom. The predicted octanol–water partition coefficient (Wildman–Crippen LogP) is 7.20. The van der Waals surface area contributed by atoms with Crippen molar-refractivity contribution in [2.45, 2.75) is 47.2 Å². The maximum absolute atomic E-state index is 15.9. The summed E-state index contributed by atoms with van der Waals surface area (Å²) in [4.78, 5) is 49.7. The molecule has 4 aromatic carbocycles. The van der Waals surface area contributed by atoms with Crippen LogP contribution in [-0.2, 0) is 54.0 Å². The van der Waals surface area contributed by atoms with Crippen LogP contribution in [0.3, 0.4) is 0 Å². The molecule has 2 fully saturated rings. The molecule has 6 heterocycles. The Morgan fingerprint density at radius 2 is 1.07 bits per heavy atom. The third kappa shape index (κ3) is 10.2. The van der Waals surface area contributed by atoms with Gasteiger partial charge >= 0.3 is 12.4 Å². The highest BCUT2D eigenvalue weighted by atomic mass is 32.2. The van der Waals surface area contributed by atoms with Gasteiger partial charge < -0.3 is 29.0 Å². The molecule has 4 aliphatic rings. The number of alkyl halides is 6. The number of hydrogen-bond donors (Lipinski definition) is 2. The first-order chi connectivity index (χ1) is 34.3. The molecule has 0 saturated carbocycles. The van der Waals surface area contributed by atoms with Crippen LogP contribution >= 0.6 is 11.8 Å². The summed E-state index contributed by atoms with van der Waals surface area (Å²) in [6.07, 6.45) is -6.33. The van der Waals surface area contributed by atoms with Crippen LogP contribution in [0.2, 0.25) is 0 Å². The number of tetrazole rings is 2. The van der Waals surface area contributed by atoms with Gasteiger partial charge in [0.25, 0.3) is 0 Å². The lowest BCUT2D eigenvalue weighted by Gasteiger charge is -2.30. The molecule has 0 spiro atoms. The maximum Gasteiger partial charge on any atom is 0.418 e. The van der Waals surface area contributed by atoms with E-state index in [1.54, 1.807) is 0 Å². The third-order valence-electron chi connectivity index (χ3n) is 12.0. The van der Waals surface area contributed by atoms with E-state index in [1.807, 2.05) is 0 Å². The molecule has 2 saturated heterocycles. The molecule has 0 radical (unpaired) electrons. The highest BCUT2D eigenvalue weighted by Gasteiger charge is 2.42. The van der Waals surface area contributed by atoms with E-state index in [9.17, 15) is 9.59 Å². The Balaban J connectivity index is 1.07. The molecule has 71 heavy (non-hydrogen) atoms. The number of fused-ring (bicyclic) bond motifs is 2. The van der Waals surface area contributed by atoms with Crippen molar-refractivity contribution in [3.63, 3.8) is 0 Å². The first-order valence-corrected chi connectivity index (χ1v) is 22.8. The number of rotatable bonds is 10. The van der Waals surface area contributed by atoms with Gasteiger partial charge in [-0.2, -0.15) is 36.1 Å². The molecule has 2 atom stereocenters. The summed E-state index contributed by atoms with van der Waals surface area (Å²) in [6.45, 7) is 0.926. The molecule has 25 heteroatoms. The van der Waals surface area contributed by atoms with Gasteiger partial charge in [-0.25, -0.2) is 10.2 Å². The van der Waals surface area contributed by atoms with E-state index in [1.165, 1.54) is 70.5 Å². The number of carbonyl (C=O) groups is 2. The van der Waals surface area contributed by atoms with E-state index >= 15 is 26.3 Å². The number of carbonyl (C=O) groups excluding carboxylic acids is 2. The molecule has 0 aliphatic carbocycles. The van der Waals surface area contributed by atoms with Crippen molar-refractivity contribution in [3.05, 3.63) is 118 Å². The standard InChI is InChI=1S/C46H38F6N10O8S/c47-45(48,49)41-35(9-3-25(39(41)29-1-7-31-27(21-29)13-17-67-69-31)5-11-37(63)61-15-19-65-33(23-61)43-53-57-58-54-43)71-36-10-4-26(6-12-38(64)62-16-20-66-34(24-62)44-55-59-60-56-44)40(42(36)46(50,51)52)30-2-8-32-28(22-30)14-18-68-70-32/h1-12,21-22,33-34H,13-20,23-24H2,(H,53,54,57,58)(H,55,56,59,60). The van der Waals surface area contributed by atoms with Gasteiger partial charge in [0.2, 0.25) is 11.8 Å². The SMILES string of the molecule is O=C(C=Cc1ccc(Sc2ccc(C=CC(=O)N3CCOC(c4nnn[nH]4)C3)c(-c3ccc4c(c3)CCOO4)c2C(F)(F)F)c(C(F)(F)F)c1-c1ccc2c(c1)CCOO2)N1CCOC(c2nnn[nH]2)C1. The minimum atomic E-state index is -5.16. The molecule has 368 valence electrons. The highest BCUT2D eigenvalue weighted by Crippen LogP contribution is 2.52. The first-order valence-electron chi connectivity index (χ1n) is 21.9. The van der Waals surface area contributed by atoms with Crippen LogP contribution in [0.5, 0.6) is 11.5 Å². The van der Waals surface area contributed by atoms with Gasteiger partial charge in [0.05, 0.1) is 50.6 Å². The molecular formula is C46H38F6N10O8S. The van der Waals surface area contributed by atoms with Crippen molar-refractivity contribution >= 4 is 35.7 Å². The number of ether oxygens (including phenoxy) is 2. The zero-order valence-electron chi connectivity index (χ0n) is 36.8. The highest BCUT2D eigenvalue weighted by molar-refractivity contribution is 7.99. The average molecular weight is 1000 g/mol. The van der Waals surface area contributed by atoms with E-state index in [2.05, 4.69) is 41.2 Å². The minimum absolute atomic E-state index is 0.0431. The Morgan fingerprint density at radius 1 is 0.620 bits per heavy atom. The fraction of sp³-hybridized carbons (Fsp3) is 0.304. The van der Waals surface area contributed by atoms with Crippen LogP contribution in [0.1, 0.15) is 57.2 Å². The molecule has 2 aromatic heterocycles. The summed E-state index contributed by atoms with van der Waals surface area (Å²) in [6, 6.07) is 13.5. The third-order valence-corrected chi connectivity index (χ3v) is 13.1. The molecule has 0 bridgehead atoms. The van der Waals surface area contributed by atoms with Crippen molar-refractivity contribution in [2.24, 2.45) is 0 Å². The molecule has 4 aliphatic heterocycles. The van der Waals surface area contributed by atoms with Crippen LogP contribution < -0.4 is 9.78 Å². The molecular weight excluding hydrogens is 967 g/mol. The Labute approximate surface area is 402 Å². The van der Waals surface area contributed by atoms with Crippen LogP contribution in [0.25, 0.3) is 34.4 Å². The number of morpholine rings is 2. The van der Waals surface area contributed by atoms with Gasteiger partial charge in [-0.3, -0.25) is 9.59 Å². The fourth-order valence-electron chi connectivity index (χ4n) is 8.66. The lowest BCUT2D eigenvalue weighted by Crippen LogP contribution is -2.41. The quantitative estimate of drug-likeness (QED) is 0.0792. The van der Waals surface area contributed by atoms with E-state index < -0.39 is 57.3 Å². The smallest absolute Gasteiger partial charge is 0.366 e. The van der Waals surface area contributed by atoms with E-state index in [-0.39, 0.29) is 121 Å². The predicted molar refractivity (Wildman–Crippen MR) is 235 cm³/mol. The Bertz CT molecular complexity index is 2810. The second-order valence-electron chi connectivity index (χ2n) is 16.4. The monoisotopic (exact) mass is 1000 g/mol. The van der Waals surface area contributed by atoms with Crippen LogP contribution in [0.4, 0.5) is 26.3 Å². The summed E-state index contributed by atoms with van der Waals surface area (Å²) in [7, 11) is 0. The summed E-state index contributed by atoms with van der Waals surface area (Å²) >= 11 is 0.285. The zero-order valence-corrected chi connectivity index (χ0v) is 37.6. The normalized spacial score (nSPS) is 18.6. The maximum atomic E-state index is 15.9. The van der Waals surface area contributed by atoms with Gasteiger partial charge in [-0.05, 0) is 91.7 Å². The largest absolute Gasteiger partial charge is 0.418 e. The fourth-order valence-corrected chi connectivity index (χ4v) is 9.80. The number of H-pyrrole nitrogens is 2. The summed E-state index contributed by atoms with van der Waals surface area (Å²) in [5, 5.41) is 27.1. The van der Waals surface area contributed by atoms with Crippen molar-refractivity contribution in [1.29, 1.82) is 0 Å². The number of nitrogens with one attached hydrogen (secondary N) is 2. The van der Waals surface area contributed by atoms with Crippen LogP contribution in [0.15, 0.2) is 82.6 Å². The summed E-state index contributed by atoms with van der Waals surface area (Å²) in [5.74, 6) is 0.0526. The number of amides is 2. The van der Waals surface area contributed by atoms with Crippen molar-refractivity contribution in [3.8, 4) is 33.8 Å². The molecule has 2 unspecified atom stereocenters. The van der Waals surface area contributed by atoms with Crippen LogP contribution in [-0.4, -0.2) is 115 Å². The van der Waals surface area contributed by atoms with Crippen LogP contribution in [0, 0.1) is 0 Å². The second kappa shape index (κ2) is 19.9. The number of halogens is 6. The van der Waals surface area contributed by atoms with Gasteiger partial charge in [0, 0.05) is 70.1 Å². The number of aromatic amines is 2. The first kappa shape index (κ1) is 47.5. The Hall–Kier alpha value is -7.19. The van der Waals surface area contributed by atoms with Gasteiger partial charge in [0.1, 0.15) is 12.2 Å². The number of nitrogens with zero attached hydrogens (tertiary/aromatic N) is 8. The second-order valence-corrected chi connectivity index (χ2v) is 17.5. The van der Waals surface area contributed by atoms with E-state index in [0.29, 0.717) is 24.0 Å².